The molecule has 0 radical (unpaired) electrons. The summed E-state index contributed by atoms with van der Waals surface area (Å²) < 4.78 is 1.96. The summed E-state index contributed by atoms with van der Waals surface area (Å²) in [7, 11) is 3.66. The highest BCUT2D eigenvalue weighted by Crippen LogP contribution is 2.16. The van der Waals surface area contributed by atoms with Crippen molar-refractivity contribution in [1.82, 2.24) is 30.0 Å². The van der Waals surface area contributed by atoms with Gasteiger partial charge >= 0.3 is 0 Å². The van der Waals surface area contributed by atoms with Gasteiger partial charge in [0.05, 0.1) is 12.2 Å². The number of carbonyl (C=O) groups is 1. The number of nitrogens with zero attached hydrogens (tertiary/aromatic N) is 6. The fraction of sp³-hybridized carbons (Fsp3) is 0.348. The maximum Gasteiger partial charge on any atom is 0.244 e. The molecule has 0 aliphatic carbocycles. The summed E-state index contributed by atoms with van der Waals surface area (Å²) in [6.45, 7) is 7.12. The Morgan fingerprint density at radius 3 is 2.53 bits per heavy atom. The molecule has 9 heteroatoms. The van der Waals surface area contributed by atoms with Crippen LogP contribution in [0.1, 0.15) is 33.9 Å². The minimum Gasteiger partial charge on any atom is -0.368 e. The third-order valence-electron chi connectivity index (χ3n) is 5.03. The van der Waals surface area contributed by atoms with Gasteiger partial charge in [-0.2, -0.15) is 20.1 Å². The summed E-state index contributed by atoms with van der Waals surface area (Å²) in [6, 6.07) is 8.41. The molecule has 0 fully saturated rings. The Hall–Kier alpha value is -3.75. The van der Waals surface area contributed by atoms with Crippen molar-refractivity contribution in [2.24, 2.45) is 0 Å². The summed E-state index contributed by atoms with van der Waals surface area (Å²) in [5.41, 5.74) is 11.0. The lowest BCUT2D eigenvalue weighted by atomic mass is 10.1. The molecule has 3 N–H and O–H groups in total. The number of anilines is 2. The lowest BCUT2D eigenvalue weighted by molar-refractivity contribution is -0.116. The summed E-state index contributed by atoms with van der Waals surface area (Å²) in [5.74, 6) is 1.00. The number of hydrogen-bond donors (Lipinski definition) is 2. The Balaban J connectivity index is 1.58. The monoisotopic (exact) mass is 434 g/mol. The van der Waals surface area contributed by atoms with E-state index in [4.69, 9.17) is 5.73 Å². The van der Waals surface area contributed by atoms with Gasteiger partial charge in [-0.3, -0.25) is 9.48 Å². The van der Waals surface area contributed by atoms with Crippen molar-refractivity contribution in [1.29, 1.82) is 0 Å². The third-order valence-corrected chi connectivity index (χ3v) is 5.03. The molecule has 0 atom stereocenters. The van der Waals surface area contributed by atoms with Crippen LogP contribution in [-0.2, 0) is 17.8 Å². The number of nitrogens with two attached hydrogens (primary N) is 1. The fourth-order valence-corrected chi connectivity index (χ4v) is 3.22. The molecule has 9 nitrogen and oxygen atoms in total. The number of aryl methyl sites for hydroxylation is 2. The van der Waals surface area contributed by atoms with Crippen LogP contribution >= 0.6 is 0 Å². The first-order valence-corrected chi connectivity index (χ1v) is 10.5. The van der Waals surface area contributed by atoms with Crippen LogP contribution in [0.25, 0.3) is 6.08 Å². The third kappa shape index (κ3) is 5.90. The molecule has 0 spiro atoms. The number of amides is 1. The van der Waals surface area contributed by atoms with Crippen molar-refractivity contribution in [3.63, 3.8) is 0 Å². The van der Waals surface area contributed by atoms with Crippen LogP contribution in [0.3, 0.4) is 0 Å². The highest BCUT2D eigenvalue weighted by Gasteiger charge is 2.10. The quantitative estimate of drug-likeness (QED) is 0.522. The van der Waals surface area contributed by atoms with E-state index in [9.17, 15) is 4.79 Å². The van der Waals surface area contributed by atoms with Crippen LogP contribution in [0.4, 0.5) is 11.9 Å². The zero-order chi connectivity index (χ0) is 23.3. The largest absolute Gasteiger partial charge is 0.368 e. The highest BCUT2D eigenvalue weighted by molar-refractivity contribution is 5.92. The zero-order valence-corrected chi connectivity index (χ0v) is 19.3. The Morgan fingerprint density at radius 2 is 1.84 bits per heavy atom. The Morgan fingerprint density at radius 1 is 1.12 bits per heavy atom. The van der Waals surface area contributed by atoms with Gasteiger partial charge in [0.25, 0.3) is 0 Å². The molecule has 0 saturated carbocycles. The summed E-state index contributed by atoms with van der Waals surface area (Å²) in [5, 5.41) is 7.49. The van der Waals surface area contributed by atoms with Crippen LogP contribution in [0.5, 0.6) is 0 Å². The maximum atomic E-state index is 12.3. The molecule has 2 heterocycles. The molecule has 1 aromatic carbocycles. The van der Waals surface area contributed by atoms with Gasteiger partial charge in [-0.25, -0.2) is 0 Å². The predicted molar refractivity (Wildman–Crippen MR) is 126 cm³/mol. The van der Waals surface area contributed by atoms with E-state index in [1.807, 2.05) is 38.7 Å². The van der Waals surface area contributed by atoms with Crippen LogP contribution in [0.15, 0.2) is 30.3 Å². The normalized spacial score (nSPS) is 11.2. The second kappa shape index (κ2) is 10.0. The molecule has 1 amide bonds. The second-order valence-electron chi connectivity index (χ2n) is 7.91. The van der Waals surface area contributed by atoms with E-state index in [1.165, 1.54) is 17.2 Å². The second-order valence-corrected chi connectivity index (χ2v) is 7.91. The SMILES string of the molecule is Cc1ccc(Cn2nc(C)c(C=CC(=O)NCCc3nc(N)nc(N(C)C)n3)c2C)cc1. The number of benzene rings is 1. The van der Waals surface area contributed by atoms with Crippen molar-refractivity contribution in [3.8, 4) is 0 Å². The number of carbonyl (C=O) groups excluding carboxylic acids is 1. The van der Waals surface area contributed by atoms with Gasteiger partial charge in [0.2, 0.25) is 17.8 Å². The van der Waals surface area contributed by atoms with Crippen molar-refractivity contribution in [2.75, 3.05) is 31.3 Å². The van der Waals surface area contributed by atoms with Gasteiger partial charge in [0.1, 0.15) is 5.82 Å². The van der Waals surface area contributed by atoms with E-state index < -0.39 is 0 Å². The van der Waals surface area contributed by atoms with Crippen LogP contribution in [-0.4, -0.2) is 51.3 Å². The molecular weight excluding hydrogens is 404 g/mol. The standard InChI is InChI=1S/C23H30N8O/c1-15-6-8-18(9-7-15)14-31-17(3)19(16(2)29-31)10-11-21(32)25-13-12-20-26-22(24)28-23(27-20)30(4)5/h6-11H,12-14H2,1-5H3,(H,25,32)(H2,24,26,27,28). The van der Waals surface area contributed by atoms with Crippen molar-refractivity contribution >= 4 is 23.9 Å². The summed E-state index contributed by atoms with van der Waals surface area (Å²) in [6.07, 6.45) is 3.80. The average Bonchev–Trinajstić information content (AvgIpc) is 3.00. The van der Waals surface area contributed by atoms with Gasteiger partial charge in [-0.15, -0.1) is 0 Å². The van der Waals surface area contributed by atoms with Crippen LogP contribution in [0.2, 0.25) is 0 Å². The fourth-order valence-electron chi connectivity index (χ4n) is 3.22. The zero-order valence-electron chi connectivity index (χ0n) is 19.3. The van der Waals surface area contributed by atoms with Crippen molar-refractivity contribution in [3.05, 3.63) is 64.2 Å². The number of aromatic nitrogens is 5. The number of hydrogen-bond acceptors (Lipinski definition) is 7. The number of nitrogen functional groups attached to an aromatic ring is 1. The van der Waals surface area contributed by atoms with E-state index in [0.717, 1.165) is 17.0 Å². The van der Waals surface area contributed by atoms with Gasteiger partial charge < -0.3 is 16.0 Å². The summed E-state index contributed by atoms with van der Waals surface area (Å²) in [4.78, 5) is 26.6. The Bertz CT molecular complexity index is 1120. The molecule has 0 unspecified atom stereocenters. The van der Waals surface area contributed by atoms with Crippen molar-refractivity contribution in [2.45, 2.75) is 33.7 Å². The predicted octanol–water partition coefficient (Wildman–Crippen LogP) is 2.06. The van der Waals surface area contributed by atoms with Crippen LogP contribution < -0.4 is 16.0 Å². The molecule has 168 valence electrons. The molecule has 2 aromatic heterocycles. The van der Waals surface area contributed by atoms with Crippen molar-refractivity contribution < 1.29 is 4.79 Å². The first-order valence-electron chi connectivity index (χ1n) is 10.5. The lowest BCUT2D eigenvalue weighted by Crippen LogP contribution is -2.25. The van der Waals surface area contributed by atoms with E-state index in [1.54, 1.807) is 4.90 Å². The van der Waals surface area contributed by atoms with Gasteiger partial charge in [-0.1, -0.05) is 29.8 Å². The van der Waals surface area contributed by atoms with E-state index in [2.05, 4.69) is 56.6 Å². The van der Waals surface area contributed by atoms with E-state index in [0.29, 0.717) is 31.3 Å². The molecule has 3 aromatic rings. The first-order chi connectivity index (χ1) is 15.2. The number of rotatable bonds is 8. The molecule has 0 aliphatic rings. The molecular formula is C23H30N8O. The minimum absolute atomic E-state index is 0.165. The molecule has 3 rings (SSSR count). The smallest absolute Gasteiger partial charge is 0.244 e. The van der Waals surface area contributed by atoms with Crippen LogP contribution in [0, 0.1) is 20.8 Å². The maximum absolute atomic E-state index is 12.3. The lowest BCUT2D eigenvalue weighted by Gasteiger charge is -2.11. The number of nitrogens with one attached hydrogen (secondary N) is 1. The van der Waals surface area contributed by atoms with E-state index in [-0.39, 0.29) is 11.9 Å². The van der Waals surface area contributed by atoms with Gasteiger partial charge in [0.15, 0.2) is 0 Å². The molecule has 32 heavy (non-hydrogen) atoms. The topological polar surface area (TPSA) is 115 Å². The van der Waals surface area contributed by atoms with Gasteiger partial charge in [0, 0.05) is 44.4 Å². The summed E-state index contributed by atoms with van der Waals surface area (Å²) >= 11 is 0. The minimum atomic E-state index is -0.190. The Labute approximate surface area is 188 Å². The first kappa shape index (κ1) is 22.9. The van der Waals surface area contributed by atoms with Gasteiger partial charge in [-0.05, 0) is 32.4 Å². The Kier molecular flexibility index (Phi) is 7.19. The van der Waals surface area contributed by atoms with E-state index >= 15 is 0 Å². The molecule has 0 saturated heterocycles. The molecule has 0 bridgehead atoms. The molecule has 0 aliphatic heterocycles. The highest BCUT2D eigenvalue weighted by atomic mass is 16.1. The average molecular weight is 435 g/mol.